The number of aromatic nitrogens is 1. The number of H-pyrrole nitrogens is 1. The van der Waals surface area contributed by atoms with Gasteiger partial charge in [0, 0.05) is 36.0 Å². The van der Waals surface area contributed by atoms with Gasteiger partial charge in [0.1, 0.15) is 0 Å². The van der Waals surface area contributed by atoms with Crippen LogP contribution in [0, 0.1) is 54.3 Å². The van der Waals surface area contributed by atoms with E-state index in [1.807, 2.05) is 19.9 Å². The molecule has 4 atom stereocenters. The average molecular weight is 696 g/mol. The van der Waals surface area contributed by atoms with Gasteiger partial charge in [0.15, 0.2) is 28.3 Å². The molecule has 2 heterocycles. The van der Waals surface area contributed by atoms with E-state index in [0.29, 0.717) is 69.2 Å². The van der Waals surface area contributed by atoms with Crippen LogP contribution >= 0.6 is 12.2 Å². The largest absolute Gasteiger partial charge is 0.422 e. The maximum atomic E-state index is 13.7. The molecule has 3 aliphatic rings. The second-order valence-electron chi connectivity index (χ2n) is 15.2. The molecule has 1 aromatic rings. The lowest BCUT2D eigenvalue weighted by Crippen LogP contribution is -2.37. The highest BCUT2D eigenvalue weighted by Crippen LogP contribution is 2.42. The summed E-state index contributed by atoms with van der Waals surface area (Å²) in [5.74, 6) is 1.89. The summed E-state index contributed by atoms with van der Waals surface area (Å²) < 4.78 is 12.3. The van der Waals surface area contributed by atoms with Gasteiger partial charge in [-0.1, -0.05) is 54.9 Å². The normalized spacial score (nSPS) is 30.2. The molecule has 4 unspecified atom stereocenters. The van der Waals surface area contributed by atoms with E-state index < -0.39 is 0 Å². The van der Waals surface area contributed by atoms with Crippen molar-refractivity contribution in [3.8, 4) is 5.75 Å². The number of nitrogens with zero attached hydrogens (tertiary/aromatic N) is 1. The summed E-state index contributed by atoms with van der Waals surface area (Å²) in [6, 6.07) is 0. The second kappa shape index (κ2) is 16.5. The maximum absolute atomic E-state index is 13.7. The van der Waals surface area contributed by atoms with E-state index in [1.54, 1.807) is 0 Å². The number of rotatable bonds is 9. The highest BCUT2D eigenvalue weighted by molar-refractivity contribution is 7.80. The first-order valence-corrected chi connectivity index (χ1v) is 18.5. The summed E-state index contributed by atoms with van der Waals surface area (Å²) in [4.78, 5) is 47.4. The molecule has 2 aliphatic carbocycles. The predicted molar refractivity (Wildman–Crippen MR) is 199 cm³/mol. The Labute approximate surface area is 297 Å². The number of thiocarbonyl (C=S) groups is 1. The summed E-state index contributed by atoms with van der Waals surface area (Å²) in [5, 5.41) is 9.58. The smallest absolute Gasteiger partial charge is 0.315 e. The zero-order valence-corrected chi connectivity index (χ0v) is 31.9. The van der Waals surface area contributed by atoms with Gasteiger partial charge in [-0.3, -0.25) is 14.4 Å². The molecule has 0 bridgehead atoms. The van der Waals surface area contributed by atoms with Crippen LogP contribution in [0.2, 0.25) is 0 Å². The molecule has 49 heavy (non-hydrogen) atoms. The summed E-state index contributed by atoms with van der Waals surface area (Å²) in [6.07, 6.45) is 7.70. The molecule has 2 saturated carbocycles. The van der Waals surface area contributed by atoms with Gasteiger partial charge >= 0.3 is 11.9 Å². The maximum Gasteiger partial charge on any atom is 0.315 e. The number of amides is 1. The van der Waals surface area contributed by atoms with Crippen LogP contribution in [0.1, 0.15) is 112 Å². The second-order valence-corrected chi connectivity index (χ2v) is 15.6. The Hall–Kier alpha value is -3.47. The molecule has 1 aliphatic heterocycles. The van der Waals surface area contributed by atoms with Crippen LogP contribution in [0.5, 0.6) is 5.75 Å². The number of aromatic amines is 1. The van der Waals surface area contributed by atoms with Crippen LogP contribution in [0.3, 0.4) is 0 Å². The summed E-state index contributed by atoms with van der Waals surface area (Å²) in [6.45, 7) is 20.8. The molecular weight excluding hydrogens is 639 g/mol. The number of anilines is 1. The molecule has 0 spiro atoms. The Morgan fingerprint density at radius 2 is 1.43 bits per heavy atom. The highest BCUT2D eigenvalue weighted by Gasteiger charge is 2.40. The number of ether oxygens (including phenoxy) is 2. The third-order valence-corrected chi connectivity index (χ3v) is 10.8. The number of allylic oxidation sites excluding steroid dienone is 1. The molecule has 1 amide bonds. The zero-order chi connectivity index (χ0) is 36.2. The van der Waals surface area contributed by atoms with Crippen LogP contribution in [-0.2, 0) is 19.1 Å². The minimum absolute atomic E-state index is 0.191. The van der Waals surface area contributed by atoms with E-state index in [9.17, 15) is 14.4 Å². The van der Waals surface area contributed by atoms with E-state index in [1.165, 1.54) is 6.92 Å². The lowest BCUT2D eigenvalue weighted by atomic mass is 9.69. The molecule has 4 N–H and O–H groups in total. The van der Waals surface area contributed by atoms with E-state index in [2.05, 4.69) is 74.4 Å². The highest BCUT2D eigenvalue weighted by atomic mass is 32.1. The molecule has 10 nitrogen and oxygen atoms in total. The van der Waals surface area contributed by atoms with Crippen molar-refractivity contribution in [2.45, 2.75) is 108 Å². The van der Waals surface area contributed by atoms with E-state index >= 15 is 0 Å². The topological polar surface area (TPSA) is 134 Å². The van der Waals surface area contributed by atoms with Gasteiger partial charge in [-0.2, -0.15) is 4.99 Å². The Bertz CT molecular complexity index is 1500. The van der Waals surface area contributed by atoms with Crippen LogP contribution < -0.4 is 20.7 Å². The van der Waals surface area contributed by atoms with Crippen molar-refractivity contribution in [1.29, 1.82) is 0 Å². The number of esters is 2. The molecule has 2 fully saturated rings. The van der Waals surface area contributed by atoms with Gasteiger partial charge in [-0.15, -0.1) is 0 Å². The molecule has 0 radical (unpaired) electrons. The summed E-state index contributed by atoms with van der Waals surface area (Å²) >= 11 is 5.54. The molecule has 270 valence electrons. The molecule has 0 aromatic carbocycles. The van der Waals surface area contributed by atoms with Crippen molar-refractivity contribution in [3.05, 3.63) is 28.3 Å². The Morgan fingerprint density at radius 3 is 1.94 bits per heavy atom. The number of nitrogens with one attached hydrogen (secondary N) is 4. The van der Waals surface area contributed by atoms with Gasteiger partial charge < -0.3 is 30.4 Å². The lowest BCUT2D eigenvalue weighted by Gasteiger charge is -2.36. The van der Waals surface area contributed by atoms with Gasteiger partial charge in [0.2, 0.25) is 5.91 Å². The molecule has 0 saturated heterocycles. The number of carbonyl (C=O) groups is 3. The average Bonchev–Trinajstić information content (AvgIpc) is 3.41. The predicted octanol–water partition coefficient (Wildman–Crippen LogP) is 7.66. The fraction of sp³-hybridized carbons (Fsp3) is 0.658. The quantitative estimate of drug-likeness (QED) is 0.118. The van der Waals surface area contributed by atoms with Crippen molar-refractivity contribution in [2.24, 2.45) is 52.3 Å². The Balaban J connectivity index is 1.69. The van der Waals surface area contributed by atoms with Crippen molar-refractivity contribution in [3.63, 3.8) is 0 Å². The van der Waals surface area contributed by atoms with Gasteiger partial charge in [-0.05, 0) is 99.8 Å². The van der Waals surface area contributed by atoms with Crippen molar-refractivity contribution < 1.29 is 23.9 Å². The fourth-order valence-corrected chi connectivity index (χ4v) is 8.61. The van der Waals surface area contributed by atoms with Crippen LogP contribution in [0.25, 0.3) is 6.08 Å². The first kappa shape index (κ1) is 38.3. The number of unbranched alkanes of at least 4 members (excludes halogenated alkanes) is 1. The minimum atomic E-state index is -0.297. The van der Waals surface area contributed by atoms with E-state index in [4.69, 9.17) is 21.7 Å². The van der Waals surface area contributed by atoms with Crippen LogP contribution in [0.4, 0.5) is 5.82 Å². The zero-order valence-electron chi connectivity index (χ0n) is 31.0. The molecule has 11 heteroatoms. The van der Waals surface area contributed by atoms with Crippen LogP contribution in [-0.4, -0.2) is 40.3 Å². The first-order chi connectivity index (χ1) is 23.1. The molecule has 1 aromatic heterocycles. The van der Waals surface area contributed by atoms with E-state index in [-0.39, 0.29) is 53.4 Å². The number of amidine groups is 1. The number of hydrogen-bond acceptors (Lipinski definition) is 6. The fourth-order valence-electron chi connectivity index (χ4n) is 8.42. The summed E-state index contributed by atoms with van der Waals surface area (Å²) in [7, 11) is 0. The Kier molecular flexibility index (Phi) is 12.9. The number of aliphatic imine (C=N–C) groups is 1. The van der Waals surface area contributed by atoms with Crippen LogP contribution in [0.15, 0.2) is 22.0 Å². The SMILES string of the molecule is CCCCNC(=S)N=C1N/C(=C\c2[nH]c(NC(C)=O)c(OC(=O)C3C(C)CC(C)CC3C)c2C)C(C)=C1OC(=O)C1C(C)CC(C)CC1C. The molecular formula is C38H57N5O5S. The van der Waals surface area contributed by atoms with E-state index in [0.717, 1.165) is 38.5 Å². The summed E-state index contributed by atoms with van der Waals surface area (Å²) in [5.41, 5.74) is 2.59. The minimum Gasteiger partial charge on any atom is -0.422 e. The first-order valence-electron chi connectivity index (χ1n) is 18.1. The van der Waals surface area contributed by atoms with Gasteiger partial charge in [0.25, 0.3) is 0 Å². The third-order valence-electron chi connectivity index (χ3n) is 10.6. The van der Waals surface area contributed by atoms with Gasteiger partial charge in [-0.25, -0.2) is 0 Å². The Morgan fingerprint density at radius 1 is 0.898 bits per heavy atom. The number of hydrogen-bond donors (Lipinski definition) is 4. The lowest BCUT2D eigenvalue weighted by molar-refractivity contribution is -0.149. The van der Waals surface area contributed by atoms with Crippen molar-refractivity contribution >= 4 is 52.9 Å². The van der Waals surface area contributed by atoms with Gasteiger partial charge in [0.05, 0.1) is 11.8 Å². The van der Waals surface area contributed by atoms with Crippen molar-refractivity contribution in [1.82, 2.24) is 15.6 Å². The third kappa shape index (κ3) is 9.21. The monoisotopic (exact) mass is 695 g/mol. The number of carbonyl (C=O) groups excluding carboxylic acids is 3. The van der Waals surface area contributed by atoms with Crippen molar-refractivity contribution in [2.75, 3.05) is 11.9 Å². The standard InChI is InChI=1S/C38H57N5O5S/c1-11-12-13-39-38(49)43-35-33(48-37(46)31-23(6)16-20(3)17-24(31)7)26(9)29(42-35)18-28-25(8)32(34(41-28)40-27(10)44)47-36(45)30-21(4)14-19(2)15-22(30)5/h18-24,30-31,41H,11-17H2,1-10H3,(H,40,44)(H2,39,42,43,49)/b29-18-. The molecule has 4 rings (SSSR count).